The zero-order valence-electron chi connectivity index (χ0n) is 14.0. The molecule has 0 aromatic rings. The monoisotopic (exact) mass is 300 g/mol. The van der Waals surface area contributed by atoms with Crippen LogP contribution in [-0.2, 0) is 0 Å². The largest absolute Gasteiger partial charge is 0.324 e. The van der Waals surface area contributed by atoms with Crippen molar-refractivity contribution >= 4 is 18.0 Å². The van der Waals surface area contributed by atoms with Crippen molar-refractivity contribution in [1.82, 2.24) is 0 Å². The Bertz CT molecular complexity index is 227. The molecule has 0 unspecified atom stereocenters. The summed E-state index contributed by atoms with van der Waals surface area (Å²) in [5, 5.41) is 3.64. The molecule has 0 aliphatic rings. The minimum Gasteiger partial charge on any atom is -0.324 e. The third-order valence-corrected chi connectivity index (χ3v) is 4.95. The Morgan fingerprint density at radius 1 is 0.850 bits per heavy atom. The summed E-state index contributed by atoms with van der Waals surface area (Å²) >= 11 is 1.95. The van der Waals surface area contributed by atoms with E-state index < -0.39 is 0 Å². The third-order valence-electron chi connectivity index (χ3n) is 3.61. The Hall–Kier alpha value is -0.180. The zero-order valence-corrected chi connectivity index (χ0v) is 14.8. The number of hydrazone groups is 1. The first-order valence-corrected chi connectivity index (χ1v) is 9.49. The predicted molar refractivity (Wildman–Crippen MR) is 95.7 cm³/mol. The lowest BCUT2D eigenvalue weighted by Gasteiger charge is -2.17. The molecule has 0 aliphatic carbocycles. The van der Waals surface area contributed by atoms with Crippen molar-refractivity contribution in [3.05, 3.63) is 0 Å². The fraction of sp³-hybridized carbons (Fsp3) is 0.941. The number of nitrogens with two attached hydrogens (primary N) is 1. The first kappa shape index (κ1) is 19.8. The van der Waals surface area contributed by atoms with Crippen molar-refractivity contribution in [3.8, 4) is 0 Å². The van der Waals surface area contributed by atoms with E-state index in [9.17, 15) is 0 Å². The summed E-state index contributed by atoms with van der Waals surface area (Å²) in [6.07, 6.45) is 17.4. The van der Waals surface area contributed by atoms with Crippen molar-refractivity contribution in [2.24, 2.45) is 10.9 Å². The normalized spacial score (nSPS) is 12.3. The fourth-order valence-electron chi connectivity index (χ4n) is 2.32. The van der Waals surface area contributed by atoms with Gasteiger partial charge >= 0.3 is 0 Å². The van der Waals surface area contributed by atoms with Crippen molar-refractivity contribution in [1.29, 1.82) is 0 Å². The maximum atomic E-state index is 5.21. The van der Waals surface area contributed by atoms with E-state index in [0.29, 0.717) is 0 Å². The molecule has 0 atom stereocenters. The molecule has 20 heavy (non-hydrogen) atoms. The van der Waals surface area contributed by atoms with E-state index in [4.69, 9.17) is 5.84 Å². The highest BCUT2D eigenvalue weighted by Gasteiger charge is 2.14. The molecule has 0 saturated carbocycles. The van der Waals surface area contributed by atoms with Gasteiger partial charge in [-0.1, -0.05) is 71.1 Å². The van der Waals surface area contributed by atoms with Crippen molar-refractivity contribution < 1.29 is 0 Å². The smallest absolute Gasteiger partial charge is 0.0472 e. The van der Waals surface area contributed by atoms with Gasteiger partial charge in [0.15, 0.2) is 0 Å². The molecule has 0 aromatic carbocycles. The molecule has 0 spiro atoms. The Morgan fingerprint density at radius 3 is 1.75 bits per heavy atom. The summed E-state index contributed by atoms with van der Waals surface area (Å²) in [5.74, 6) is 6.43. The molecule has 0 radical (unpaired) electrons. The average Bonchev–Trinajstić information content (AvgIpc) is 2.40. The van der Waals surface area contributed by atoms with Gasteiger partial charge in [0.2, 0.25) is 0 Å². The van der Waals surface area contributed by atoms with Gasteiger partial charge in [-0.15, -0.1) is 11.8 Å². The number of hydrogen-bond acceptors (Lipinski definition) is 3. The Morgan fingerprint density at radius 2 is 1.30 bits per heavy atom. The van der Waals surface area contributed by atoms with Crippen LogP contribution in [-0.4, -0.2) is 16.7 Å². The summed E-state index contributed by atoms with van der Waals surface area (Å²) in [4.78, 5) is 0. The maximum absolute atomic E-state index is 5.21. The minimum atomic E-state index is 0.0905. The lowest BCUT2D eigenvalue weighted by molar-refractivity contribution is 0.555. The number of rotatable bonds is 14. The number of hydrogen-bond donors (Lipinski definition) is 1. The average molecular weight is 301 g/mol. The van der Waals surface area contributed by atoms with Crippen LogP contribution in [0.5, 0.6) is 0 Å². The standard InChI is InChI=1S/C17H36N2S/c1-4-5-6-7-8-9-10-11-12-13-14-15-20-17(2,3)16-19-18/h16H,4-15,18H2,1-3H3. The molecule has 3 heteroatoms. The van der Waals surface area contributed by atoms with E-state index >= 15 is 0 Å². The summed E-state index contributed by atoms with van der Waals surface area (Å²) in [6.45, 7) is 6.63. The van der Waals surface area contributed by atoms with E-state index in [2.05, 4.69) is 25.9 Å². The van der Waals surface area contributed by atoms with Gasteiger partial charge in [-0.05, 0) is 26.0 Å². The highest BCUT2D eigenvalue weighted by atomic mass is 32.2. The van der Waals surface area contributed by atoms with Crippen LogP contribution in [0.4, 0.5) is 0 Å². The molecule has 0 aliphatic heterocycles. The molecule has 0 heterocycles. The first-order valence-electron chi connectivity index (χ1n) is 8.50. The van der Waals surface area contributed by atoms with Crippen LogP contribution in [0.3, 0.4) is 0 Å². The van der Waals surface area contributed by atoms with E-state index in [1.165, 1.54) is 76.4 Å². The maximum Gasteiger partial charge on any atom is 0.0472 e. The van der Waals surface area contributed by atoms with Crippen molar-refractivity contribution in [2.45, 2.75) is 96.1 Å². The van der Waals surface area contributed by atoms with Crippen LogP contribution in [0, 0.1) is 0 Å². The van der Waals surface area contributed by atoms with Gasteiger partial charge in [-0.25, -0.2) is 0 Å². The van der Waals surface area contributed by atoms with Crippen LogP contribution in [0.1, 0.15) is 91.4 Å². The summed E-state index contributed by atoms with van der Waals surface area (Å²) < 4.78 is 0.0905. The van der Waals surface area contributed by atoms with Gasteiger partial charge in [0.25, 0.3) is 0 Å². The summed E-state index contributed by atoms with van der Waals surface area (Å²) in [7, 11) is 0. The van der Waals surface area contributed by atoms with E-state index in [1.807, 2.05) is 18.0 Å². The van der Waals surface area contributed by atoms with Crippen LogP contribution in [0.2, 0.25) is 0 Å². The third kappa shape index (κ3) is 14.2. The second kappa shape index (κ2) is 13.8. The van der Waals surface area contributed by atoms with Crippen LogP contribution >= 0.6 is 11.8 Å². The molecular weight excluding hydrogens is 264 g/mol. The fourth-order valence-corrected chi connectivity index (χ4v) is 3.33. The molecule has 0 aromatic heterocycles. The molecule has 2 nitrogen and oxygen atoms in total. The molecule has 0 amide bonds. The quantitative estimate of drug-likeness (QED) is 0.192. The molecule has 0 bridgehead atoms. The Kier molecular flexibility index (Phi) is 13.7. The summed E-state index contributed by atoms with van der Waals surface area (Å²) in [5.41, 5.74) is 0. The SMILES string of the molecule is CCCCCCCCCCCCCSC(C)(C)C=NN. The Balaban J connectivity index is 3.17. The zero-order chi connectivity index (χ0) is 15.1. The van der Waals surface area contributed by atoms with Gasteiger partial charge in [0.1, 0.15) is 0 Å². The first-order chi connectivity index (χ1) is 9.62. The Labute approximate surface area is 131 Å². The van der Waals surface area contributed by atoms with Gasteiger partial charge in [0, 0.05) is 11.0 Å². The van der Waals surface area contributed by atoms with Crippen LogP contribution in [0.25, 0.3) is 0 Å². The molecule has 0 rings (SSSR count). The summed E-state index contributed by atoms with van der Waals surface area (Å²) in [6, 6.07) is 0. The number of unbranched alkanes of at least 4 members (excludes halogenated alkanes) is 10. The number of thioether (sulfide) groups is 1. The second-order valence-corrected chi connectivity index (χ2v) is 8.01. The van der Waals surface area contributed by atoms with Crippen molar-refractivity contribution in [3.63, 3.8) is 0 Å². The predicted octanol–water partition coefficient (Wildman–Crippen LogP) is 5.75. The lowest BCUT2D eigenvalue weighted by Crippen LogP contribution is -2.18. The van der Waals surface area contributed by atoms with Crippen LogP contribution in [0.15, 0.2) is 5.10 Å². The second-order valence-electron chi connectivity index (χ2n) is 6.27. The van der Waals surface area contributed by atoms with Gasteiger partial charge in [0.05, 0.1) is 0 Å². The van der Waals surface area contributed by atoms with E-state index in [0.717, 1.165) is 0 Å². The lowest BCUT2D eigenvalue weighted by atomic mass is 10.1. The van der Waals surface area contributed by atoms with Gasteiger partial charge < -0.3 is 5.84 Å². The van der Waals surface area contributed by atoms with Crippen molar-refractivity contribution in [2.75, 3.05) is 5.75 Å². The molecule has 2 N–H and O–H groups in total. The minimum absolute atomic E-state index is 0.0905. The molecule has 0 fully saturated rings. The molecule has 120 valence electrons. The van der Waals surface area contributed by atoms with Gasteiger partial charge in [-0.2, -0.15) is 5.10 Å². The van der Waals surface area contributed by atoms with Gasteiger partial charge in [-0.3, -0.25) is 0 Å². The topological polar surface area (TPSA) is 38.4 Å². The highest BCUT2D eigenvalue weighted by molar-refractivity contribution is 8.01. The van der Waals surface area contributed by atoms with Crippen LogP contribution < -0.4 is 5.84 Å². The molecular formula is C17H36N2S. The van der Waals surface area contributed by atoms with E-state index in [1.54, 1.807) is 0 Å². The van der Waals surface area contributed by atoms with E-state index in [-0.39, 0.29) is 4.75 Å². The highest BCUT2D eigenvalue weighted by Crippen LogP contribution is 2.23. The molecule has 0 saturated heterocycles. The number of nitrogens with zero attached hydrogens (tertiary/aromatic N) is 1.